The lowest BCUT2D eigenvalue weighted by atomic mass is 10.3. The summed E-state index contributed by atoms with van der Waals surface area (Å²) in [6, 6.07) is 3.23. The summed E-state index contributed by atoms with van der Waals surface area (Å²) in [5, 5.41) is 8.95. The number of pyridine rings is 1. The Morgan fingerprint density at radius 3 is 2.67 bits per heavy atom. The molecular formula is C8H6N2O2. The number of aromatic nitrogens is 2. The van der Waals surface area contributed by atoms with Gasteiger partial charge in [-0.1, -0.05) is 0 Å². The fourth-order valence-electron chi connectivity index (χ4n) is 0.877. The maximum absolute atomic E-state index is 8.95. The van der Waals surface area contributed by atoms with Gasteiger partial charge in [0.15, 0.2) is 6.39 Å². The Balaban J connectivity index is 2.43. The van der Waals surface area contributed by atoms with E-state index < -0.39 is 0 Å². The first-order valence-electron chi connectivity index (χ1n) is 3.40. The Hall–Kier alpha value is -1.84. The maximum Gasteiger partial charge on any atom is 0.181 e. The molecule has 12 heavy (non-hydrogen) atoms. The Bertz CT molecular complexity index is 353. The molecule has 0 fully saturated rings. The Morgan fingerprint density at radius 1 is 1.17 bits per heavy atom. The minimum Gasteiger partial charge on any atom is -0.506 e. The third-order valence-electron chi connectivity index (χ3n) is 1.44. The maximum atomic E-state index is 8.95. The van der Waals surface area contributed by atoms with Gasteiger partial charge in [0.1, 0.15) is 17.7 Å². The molecule has 0 aliphatic heterocycles. The van der Waals surface area contributed by atoms with Gasteiger partial charge < -0.3 is 9.52 Å². The van der Waals surface area contributed by atoms with Crippen LogP contribution >= 0.6 is 0 Å². The van der Waals surface area contributed by atoms with Gasteiger partial charge in [0.25, 0.3) is 0 Å². The molecule has 0 saturated carbocycles. The number of hydrogen-bond donors (Lipinski definition) is 1. The van der Waals surface area contributed by atoms with Gasteiger partial charge in [-0.05, 0) is 12.1 Å². The number of aromatic hydroxyl groups is 1. The summed E-state index contributed by atoms with van der Waals surface area (Å²) < 4.78 is 4.79. The predicted octanol–water partition coefficient (Wildman–Crippen LogP) is 1.44. The summed E-state index contributed by atoms with van der Waals surface area (Å²) in [6.07, 6.45) is 4.20. The Morgan fingerprint density at radius 2 is 2.08 bits per heavy atom. The zero-order valence-electron chi connectivity index (χ0n) is 6.14. The SMILES string of the molecule is Oc1ccc(-c2cocn2)nc1. The summed E-state index contributed by atoms with van der Waals surface area (Å²) in [6.45, 7) is 0. The lowest BCUT2D eigenvalue weighted by molar-refractivity contribution is 0.473. The molecule has 2 aromatic heterocycles. The molecule has 1 N–H and O–H groups in total. The van der Waals surface area contributed by atoms with Gasteiger partial charge in [-0.2, -0.15) is 0 Å². The molecule has 2 heterocycles. The molecule has 0 bridgehead atoms. The van der Waals surface area contributed by atoms with Crippen molar-refractivity contribution in [2.45, 2.75) is 0 Å². The van der Waals surface area contributed by atoms with Crippen molar-refractivity contribution in [2.75, 3.05) is 0 Å². The Kier molecular flexibility index (Phi) is 1.51. The van der Waals surface area contributed by atoms with Gasteiger partial charge in [0.05, 0.1) is 11.9 Å². The van der Waals surface area contributed by atoms with E-state index in [9.17, 15) is 0 Å². The molecule has 2 aromatic rings. The predicted molar refractivity (Wildman–Crippen MR) is 41.4 cm³/mol. The van der Waals surface area contributed by atoms with Crippen LogP contribution in [0.5, 0.6) is 5.75 Å². The molecule has 0 aliphatic carbocycles. The van der Waals surface area contributed by atoms with E-state index in [4.69, 9.17) is 9.52 Å². The first-order chi connectivity index (χ1) is 5.86. The minimum absolute atomic E-state index is 0.141. The monoisotopic (exact) mass is 162 g/mol. The third kappa shape index (κ3) is 1.14. The van der Waals surface area contributed by atoms with Gasteiger partial charge in [0, 0.05) is 0 Å². The first kappa shape index (κ1) is 6.84. The largest absolute Gasteiger partial charge is 0.506 e. The highest BCUT2D eigenvalue weighted by Gasteiger charge is 2.00. The van der Waals surface area contributed by atoms with Crippen LogP contribution in [0.4, 0.5) is 0 Å². The number of hydrogen-bond acceptors (Lipinski definition) is 4. The normalized spacial score (nSPS) is 10.0. The van der Waals surface area contributed by atoms with Gasteiger partial charge in [-0.15, -0.1) is 0 Å². The average molecular weight is 162 g/mol. The van der Waals surface area contributed by atoms with Gasteiger partial charge in [0.2, 0.25) is 0 Å². The fourth-order valence-corrected chi connectivity index (χ4v) is 0.877. The van der Waals surface area contributed by atoms with Gasteiger partial charge in [-0.25, -0.2) is 4.98 Å². The van der Waals surface area contributed by atoms with Crippen molar-refractivity contribution in [3.63, 3.8) is 0 Å². The molecule has 0 aliphatic rings. The second kappa shape index (κ2) is 2.65. The molecule has 0 atom stereocenters. The lowest BCUT2D eigenvalue weighted by Gasteiger charge is -1.93. The molecule has 0 amide bonds. The summed E-state index contributed by atoms with van der Waals surface area (Å²) in [7, 11) is 0. The average Bonchev–Trinajstić information content (AvgIpc) is 2.58. The van der Waals surface area contributed by atoms with Crippen molar-refractivity contribution < 1.29 is 9.52 Å². The molecule has 4 nitrogen and oxygen atoms in total. The van der Waals surface area contributed by atoms with Crippen LogP contribution < -0.4 is 0 Å². The van der Waals surface area contributed by atoms with E-state index in [0.29, 0.717) is 11.4 Å². The van der Waals surface area contributed by atoms with Crippen LogP contribution in [0, 0.1) is 0 Å². The molecule has 4 heteroatoms. The van der Waals surface area contributed by atoms with Crippen molar-refractivity contribution >= 4 is 0 Å². The van der Waals surface area contributed by atoms with Crippen LogP contribution in [0.2, 0.25) is 0 Å². The number of rotatable bonds is 1. The molecule has 2 rings (SSSR count). The van der Waals surface area contributed by atoms with Crippen LogP contribution in [-0.4, -0.2) is 15.1 Å². The molecule has 0 aromatic carbocycles. The van der Waals surface area contributed by atoms with Crippen LogP contribution in [0.3, 0.4) is 0 Å². The van der Waals surface area contributed by atoms with E-state index in [1.54, 1.807) is 12.1 Å². The molecule has 0 spiro atoms. The molecule has 0 unspecified atom stereocenters. The standard InChI is InChI=1S/C8H6N2O2/c11-6-1-2-7(9-3-6)8-4-12-5-10-8/h1-5,11H. The third-order valence-corrected chi connectivity index (χ3v) is 1.44. The van der Waals surface area contributed by atoms with E-state index in [1.807, 2.05) is 0 Å². The lowest BCUT2D eigenvalue weighted by Crippen LogP contribution is -1.80. The van der Waals surface area contributed by atoms with Crippen LogP contribution in [0.25, 0.3) is 11.4 Å². The smallest absolute Gasteiger partial charge is 0.181 e. The quantitative estimate of drug-likeness (QED) is 0.689. The molecule has 60 valence electrons. The van der Waals surface area contributed by atoms with E-state index in [0.717, 1.165) is 0 Å². The second-order valence-corrected chi connectivity index (χ2v) is 2.28. The van der Waals surface area contributed by atoms with Crippen molar-refractivity contribution in [1.29, 1.82) is 0 Å². The van der Waals surface area contributed by atoms with Crippen molar-refractivity contribution in [3.05, 3.63) is 31.0 Å². The summed E-state index contributed by atoms with van der Waals surface area (Å²) in [5.74, 6) is 0.141. The van der Waals surface area contributed by atoms with E-state index in [1.165, 1.54) is 18.9 Å². The summed E-state index contributed by atoms with van der Waals surface area (Å²) in [5.41, 5.74) is 1.34. The Labute approximate surface area is 68.5 Å². The highest BCUT2D eigenvalue weighted by molar-refractivity contribution is 5.52. The highest BCUT2D eigenvalue weighted by Crippen LogP contribution is 2.15. The zero-order chi connectivity index (χ0) is 8.39. The van der Waals surface area contributed by atoms with Crippen LogP contribution in [0.15, 0.2) is 35.4 Å². The van der Waals surface area contributed by atoms with Crippen LogP contribution in [-0.2, 0) is 0 Å². The molecule has 0 saturated heterocycles. The highest BCUT2D eigenvalue weighted by atomic mass is 16.3. The van der Waals surface area contributed by atoms with E-state index in [-0.39, 0.29) is 5.75 Å². The van der Waals surface area contributed by atoms with Gasteiger partial charge >= 0.3 is 0 Å². The zero-order valence-corrected chi connectivity index (χ0v) is 6.14. The molecule has 0 radical (unpaired) electrons. The second-order valence-electron chi connectivity index (χ2n) is 2.28. The summed E-state index contributed by atoms with van der Waals surface area (Å²) in [4.78, 5) is 7.85. The van der Waals surface area contributed by atoms with E-state index >= 15 is 0 Å². The van der Waals surface area contributed by atoms with Gasteiger partial charge in [-0.3, -0.25) is 4.98 Å². The van der Waals surface area contributed by atoms with E-state index in [2.05, 4.69) is 9.97 Å². The topological polar surface area (TPSA) is 59.2 Å². The van der Waals surface area contributed by atoms with Crippen LogP contribution in [0.1, 0.15) is 0 Å². The van der Waals surface area contributed by atoms with Crippen molar-refractivity contribution in [3.8, 4) is 17.1 Å². The number of oxazole rings is 1. The van der Waals surface area contributed by atoms with Crippen molar-refractivity contribution in [2.24, 2.45) is 0 Å². The first-order valence-corrected chi connectivity index (χ1v) is 3.40. The fraction of sp³-hybridized carbons (Fsp3) is 0. The van der Waals surface area contributed by atoms with Crippen molar-refractivity contribution in [1.82, 2.24) is 9.97 Å². The summed E-state index contributed by atoms with van der Waals surface area (Å²) >= 11 is 0. The molecular weight excluding hydrogens is 156 g/mol. The minimum atomic E-state index is 0.141. The number of nitrogens with zero attached hydrogens (tertiary/aromatic N) is 2.